The second-order valence-corrected chi connectivity index (χ2v) is 6.39. The molecule has 0 radical (unpaired) electrons. The van der Waals surface area contributed by atoms with Gasteiger partial charge in [-0.2, -0.15) is 23.1 Å². The van der Waals surface area contributed by atoms with Crippen LogP contribution >= 0.6 is 0 Å². The van der Waals surface area contributed by atoms with Gasteiger partial charge in [0.15, 0.2) is 0 Å². The molecule has 1 aliphatic heterocycles. The third-order valence-electron chi connectivity index (χ3n) is 4.56. The Kier molecular flexibility index (Phi) is 6.04. The maximum Gasteiger partial charge on any atom is 0.416 e. The summed E-state index contributed by atoms with van der Waals surface area (Å²) in [4.78, 5) is 22.4. The van der Waals surface area contributed by atoms with E-state index in [0.29, 0.717) is 18.8 Å². The first-order valence-corrected chi connectivity index (χ1v) is 8.89. The summed E-state index contributed by atoms with van der Waals surface area (Å²) in [7, 11) is 2.78. The highest BCUT2D eigenvalue weighted by molar-refractivity contribution is 5.75. The smallest absolute Gasteiger partial charge is 0.416 e. The first kappa shape index (κ1) is 21.3. The SMILES string of the molecule is COc1cc(OC)nc(Nc2cc(C(F)(F)F)ccc2N2CCN(C(=O)O)CC2)n1. The minimum Gasteiger partial charge on any atom is -0.481 e. The Labute approximate surface area is 170 Å². The number of nitrogens with one attached hydrogen (secondary N) is 1. The Bertz CT molecular complexity index is 895. The highest BCUT2D eigenvalue weighted by Crippen LogP contribution is 2.37. The van der Waals surface area contributed by atoms with E-state index in [2.05, 4.69) is 15.3 Å². The lowest BCUT2D eigenvalue weighted by Crippen LogP contribution is -2.48. The van der Waals surface area contributed by atoms with Gasteiger partial charge >= 0.3 is 12.3 Å². The standard InChI is InChI=1S/C18H20F3N5O4/c1-29-14-10-15(30-2)24-16(23-14)22-12-9-11(18(19,20)21)3-4-13(12)25-5-7-26(8-6-25)17(27)28/h3-4,9-10H,5-8H2,1-2H3,(H,27,28)(H,22,23,24). The van der Waals surface area contributed by atoms with Crippen LogP contribution in [0.5, 0.6) is 11.8 Å². The number of hydrogen-bond acceptors (Lipinski definition) is 7. The first-order valence-electron chi connectivity index (χ1n) is 8.89. The number of alkyl halides is 3. The predicted octanol–water partition coefficient (Wildman–Crippen LogP) is 3.06. The molecule has 0 aliphatic carbocycles. The van der Waals surface area contributed by atoms with E-state index >= 15 is 0 Å². The van der Waals surface area contributed by atoms with Crippen molar-refractivity contribution >= 4 is 23.4 Å². The van der Waals surface area contributed by atoms with Gasteiger partial charge in [0.1, 0.15) is 0 Å². The largest absolute Gasteiger partial charge is 0.481 e. The Balaban J connectivity index is 1.96. The van der Waals surface area contributed by atoms with Gasteiger partial charge < -0.3 is 29.7 Å². The zero-order valence-corrected chi connectivity index (χ0v) is 16.2. The number of aromatic nitrogens is 2. The van der Waals surface area contributed by atoms with Crippen LogP contribution in [0.25, 0.3) is 0 Å². The summed E-state index contributed by atoms with van der Waals surface area (Å²) in [5.74, 6) is 0.344. The molecule has 1 saturated heterocycles. The molecule has 0 atom stereocenters. The van der Waals surface area contributed by atoms with Gasteiger partial charge in [0.25, 0.3) is 0 Å². The summed E-state index contributed by atoms with van der Waals surface area (Å²) in [6, 6.07) is 4.73. The molecule has 1 aromatic carbocycles. The van der Waals surface area contributed by atoms with Crippen molar-refractivity contribution in [3.63, 3.8) is 0 Å². The molecule has 0 unspecified atom stereocenters. The van der Waals surface area contributed by atoms with Gasteiger partial charge in [-0.05, 0) is 18.2 Å². The lowest BCUT2D eigenvalue weighted by molar-refractivity contribution is -0.137. The van der Waals surface area contributed by atoms with Crippen LogP contribution in [-0.4, -0.2) is 66.5 Å². The fourth-order valence-electron chi connectivity index (χ4n) is 3.02. The van der Waals surface area contributed by atoms with Crippen LogP contribution in [0.1, 0.15) is 5.56 Å². The molecule has 1 aliphatic rings. The highest BCUT2D eigenvalue weighted by atomic mass is 19.4. The molecule has 3 rings (SSSR count). The average molecular weight is 427 g/mol. The second-order valence-electron chi connectivity index (χ2n) is 6.39. The molecule has 0 spiro atoms. The molecular weight excluding hydrogens is 407 g/mol. The van der Waals surface area contributed by atoms with Gasteiger partial charge in [-0.15, -0.1) is 0 Å². The first-order chi connectivity index (χ1) is 14.2. The van der Waals surface area contributed by atoms with Crippen LogP contribution in [0.3, 0.4) is 0 Å². The van der Waals surface area contributed by atoms with E-state index in [1.807, 2.05) is 0 Å². The number of ether oxygens (including phenoxy) is 2. The predicted molar refractivity (Wildman–Crippen MR) is 102 cm³/mol. The van der Waals surface area contributed by atoms with Crippen molar-refractivity contribution in [3.8, 4) is 11.8 Å². The molecule has 9 nitrogen and oxygen atoms in total. The second kappa shape index (κ2) is 8.51. The van der Waals surface area contributed by atoms with Crippen molar-refractivity contribution in [1.29, 1.82) is 0 Å². The molecule has 1 aromatic heterocycles. The Morgan fingerprint density at radius 1 is 1.07 bits per heavy atom. The lowest BCUT2D eigenvalue weighted by Gasteiger charge is -2.35. The third-order valence-corrected chi connectivity index (χ3v) is 4.56. The molecule has 1 fully saturated rings. The van der Waals surface area contributed by atoms with Crippen molar-refractivity contribution in [3.05, 3.63) is 29.8 Å². The van der Waals surface area contributed by atoms with Crippen molar-refractivity contribution in [2.45, 2.75) is 6.18 Å². The molecule has 162 valence electrons. The Morgan fingerprint density at radius 2 is 1.67 bits per heavy atom. The number of amides is 1. The molecule has 12 heteroatoms. The molecule has 2 heterocycles. The van der Waals surface area contributed by atoms with Crippen molar-refractivity contribution in [1.82, 2.24) is 14.9 Å². The number of carboxylic acid groups (broad SMARTS) is 1. The summed E-state index contributed by atoms with van der Waals surface area (Å²) >= 11 is 0. The molecular formula is C18H20F3N5O4. The number of piperazine rings is 1. The monoisotopic (exact) mass is 427 g/mol. The van der Waals surface area contributed by atoms with E-state index in [9.17, 15) is 18.0 Å². The Morgan fingerprint density at radius 3 is 2.17 bits per heavy atom. The van der Waals surface area contributed by atoms with Crippen molar-refractivity contribution in [2.75, 3.05) is 50.6 Å². The van der Waals surface area contributed by atoms with Crippen molar-refractivity contribution < 1.29 is 32.5 Å². The van der Waals surface area contributed by atoms with Gasteiger partial charge in [0.05, 0.1) is 37.2 Å². The number of rotatable bonds is 5. The topological polar surface area (TPSA) is 100 Å². The van der Waals surface area contributed by atoms with E-state index in [-0.39, 0.29) is 36.5 Å². The number of halogens is 3. The summed E-state index contributed by atoms with van der Waals surface area (Å²) in [5, 5.41) is 11.9. The van der Waals surface area contributed by atoms with E-state index in [1.54, 1.807) is 4.90 Å². The van der Waals surface area contributed by atoms with Crippen LogP contribution in [0, 0.1) is 0 Å². The van der Waals surface area contributed by atoms with E-state index in [0.717, 1.165) is 12.1 Å². The van der Waals surface area contributed by atoms with Gasteiger partial charge in [0.2, 0.25) is 17.7 Å². The third kappa shape index (κ3) is 4.75. The molecule has 2 N–H and O–H groups in total. The number of methoxy groups -OCH3 is 2. The summed E-state index contributed by atoms with van der Waals surface area (Å²) < 4.78 is 50.0. The Hall–Kier alpha value is -3.44. The zero-order chi connectivity index (χ0) is 21.9. The number of carbonyl (C=O) groups is 1. The van der Waals surface area contributed by atoms with Gasteiger partial charge in [-0.3, -0.25) is 0 Å². The fourth-order valence-corrected chi connectivity index (χ4v) is 3.02. The molecule has 2 aromatic rings. The van der Waals surface area contributed by atoms with E-state index in [1.165, 1.54) is 31.3 Å². The van der Waals surface area contributed by atoms with Gasteiger partial charge in [0, 0.05) is 26.2 Å². The number of anilines is 3. The molecule has 1 amide bonds. The fraction of sp³-hybridized carbons (Fsp3) is 0.389. The van der Waals surface area contributed by atoms with Crippen LogP contribution < -0.4 is 19.7 Å². The molecule has 0 saturated carbocycles. The van der Waals surface area contributed by atoms with Gasteiger partial charge in [-0.25, -0.2) is 4.79 Å². The summed E-state index contributed by atoms with van der Waals surface area (Å²) in [5.41, 5.74) is -0.241. The summed E-state index contributed by atoms with van der Waals surface area (Å²) in [6.07, 6.45) is -5.57. The number of nitrogens with zero attached hydrogens (tertiary/aromatic N) is 4. The lowest BCUT2D eigenvalue weighted by atomic mass is 10.1. The number of benzene rings is 1. The molecule has 0 bridgehead atoms. The average Bonchev–Trinajstić information content (AvgIpc) is 2.72. The quantitative estimate of drug-likeness (QED) is 0.751. The zero-order valence-electron chi connectivity index (χ0n) is 16.2. The van der Waals surface area contributed by atoms with Crippen LogP contribution in [0.15, 0.2) is 24.3 Å². The number of hydrogen-bond donors (Lipinski definition) is 2. The molecule has 30 heavy (non-hydrogen) atoms. The van der Waals surface area contributed by atoms with Crippen LogP contribution in [0.4, 0.5) is 35.3 Å². The van der Waals surface area contributed by atoms with Gasteiger partial charge in [-0.1, -0.05) is 0 Å². The van der Waals surface area contributed by atoms with Crippen molar-refractivity contribution in [2.24, 2.45) is 0 Å². The van der Waals surface area contributed by atoms with E-state index in [4.69, 9.17) is 14.6 Å². The van der Waals surface area contributed by atoms with Crippen LogP contribution in [-0.2, 0) is 6.18 Å². The normalized spacial score (nSPS) is 14.4. The maximum atomic E-state index is 13.3. The van der Waals surface area contributed by atoms with Crippen LogP contribution in [0.2, 0.25) is 0 Å². The van der Waals surface area contributed by atoms with E-state index < -0.39 is 17.8 Å². The minimum absolute atomic E-state index is 0.00375. The summed E-state index contributed by atoms with van der Waals surface area (Å²) in [6.45, 7) is 1.13. The maximum absolute atomic E-state index is 13.3. The minimum atomic E-state index is -4.54. The highest BCUT2D eigenvalue weighted by Gasteiger charge is 2.32.